The summed E-state index contributed by atoms with van der Waals surface area (Å²) in [6, 6.07) is 0. The molecule has 0 unspecified atom stereocenters. The van der Waals surface area contributed by atoms with Crippen LogP contribution in [0.1, 0.15) is 51.4 Å². The lowest BCUT2D eigenvalue weighted by molar-refractivity contribution is 0.886. The second-order valence-corrected chi connectivity index (χ2v) is 9.81. The summed E-state index contributed by atoms with van der Waals surface area (Å²) in [5.74, 6) is 0. The fourth-order valence-electron chi connectivity index (χ4n) is 2.58. The van der Waals surface area contributed by atoms with Gasteiger partial charge in [-0.05, 0) is 25.7 Å². The average molecular weight is 392 g/mol. The maximum absolute atomic E-state index is 6.29. The molecule has 0 heterocycles. The first-order valence-corrected chi connectivity index (χ1v) is 10.3. The summed E-state index contributed by atoms with van der Waals surface area (Å²) in [6.07, 6.45) is 9.94. The molecule has 114 valence electrons. The van der Waals surface area contributed by atoms with Crippen molar-refractivity contribution in [3.63, 3.8) is 0 Å². The normalized spacial score (nSPS) is 24.0. The van der Waals surface area contributed by atoms with Crippen LogP contribution in [0.25, 0.3) is 0 Å². The monoisotopic (exact) mass is 390 g/mol. The minimum Gasteiger partial charge on any atom is -0.109 e. The second kappa shape index (κ2) is 8.84. The summed E-state index contributed by atoms with van der Waals surface area (Å²) in [5.41, 5.74) is 0. The summed E-state index contributed by atoms with van der Waals surface area (Å²) in [5, 5.41) is 1.95. The Kier molecular flexibility index (Phi) is 7.82. The van der Waals surface area contributed by atoms with Crippen LogP contribution in [0.4, 0.5) is 0 Å². The van der Waals surface area contributed by atoms with Gasteiger partial charge in [0, 0.05) is 10.5 Å². The summed E-state index contributed by atoms with van der Waals surface area (Å²) in [6.45, 7) is 0. The molecule has 0 aromatic heterocycles. The molecule has 2 rings (SSSR count). The van der Waals surface area contributed by atoms with Crippen LogP contribution in [0.5, 0.6) is 0 Å². The zero-order chi connectivity index (χ0) is 14.5. The molecule has 0 spiro atoms. The Morgan fingerprint density at radius 1 is 0.600 bits per heavy atom. The summed E-state index contributed by atoms with van der Waals surface area (Å²) < 4.78 is 1.16. The van der Waals surface area contributed by atoms with E-state index in [0.717, 1.165) is 0 Å². The second-order valence-electron chi connectivity index (χ2n) is 5.22. The molecule has 0 aliphatic heterocycles. The van der Waals surface area contributed by atoms with Gasteiger partial charge in [0.2, 0.25) is 0 Å². The standard InChI is InChI=1S/C14H18Cl4S2/c15-11(13(17)19-9-5-1-2-6-9)12(16)14(18)20-10-7-3-4-8-10/h9-10H,1-8H2/b13-11+,14-12+. The van der Waals surface area contributed by atoms with Crippen LogP contribution < -0.4 is 0 Å². The lowest BCUT2D eigenvalue weighted by atomic mass is 10.4. The van der Waals surface area contributed by atoms with Crippen LogP contribution in [0.2, 0.25) is 0 Å². The number of halogens is 4. The molecule has 0 aromatic rings. The Morgan fingerprint density at radius 2 is 0.900 bits per heavy atom. The Balaban J connectivity index is 1.98. The molecule has 0 bridgehead atoms. The summed E-state index contributed by atoms with van der Waals surface area (Å²) >= 11 is 28.4. The van der Waals surface area contributed by atoms with Gasteiger partial charge in [-0.2, -0.15) is 0 Å². The van der Waals surface area contributed by atoms with Crippen LogP contribution >= 0.6 is 69.9 Å². The van der Waals surface area contributed by atoms with Crippen molar-refractivity contribution in [3.8, 4) is 0 Å². The van der Waals surface area contributed by atoms with Gasteiger partial charge in [-0.1, -0.05) is 72.1 Å². The van der Waals surface area contributed by atoms with E-state index in [2.05, 4.69) is 0 Å². The van der Waals surface area contributed by atoms with E-state index < -0.39 is 0 Å². The zero-order valence-corrected chi connectivity index (χ0v) is 15.8. The van der Waals surface area contributed by atoms with E-state index in [0.29, 0.717) is 29.3 Å². The quantitative estimate of drug-likeness (QED) is 0.441. The van der Waals surface area contributed by atoms with Gasteiger partial charge >= 0.3 is 0 Å². The fraction of sp³-hybridized carbons (Fsp3) is 0.714. The number of hydrogen-bond donors (Lipinski definition) is 0. The van der Waals surface area contributed by atoms with E-state index in [1.54, 1.807) is 23.5 Å². The largest absolute Gasteiger partial charge is 0.109 e. The number of thioether (sulfide) groups is 2. The Bertz CT molecular complexity index is 356. The van der Waals surface area contributed by atoms with Gasteiger partial charge in [-0.15, -0.1) is 23.5 Å². The Labute approximate surface area is 150 Å². The molecule has 2 aliphatic carbocycles. The molecule has 0 saturated heterocycles. The van der Waals surface area contributed by atoms with Crippen molar-refractivity contribution in [2.45, 2.75) is 61.9 Å². The van der Waals surface area contributed by atoms with Crippen LogP contribution in [0.15, 0.2) is 18.8 Å². The first-order chi connectivity index (χ1) is 9.58. The summed E-state index contributed by atoms with van der Waals surface area (Å²) in [4.78, 5) is 0. The highest BCUT2D eigenvalue weighted by molar-refractivity contribution is 8.05. The minimum atomic E-state index is 0.403. The van der Waals surface area contributed by atoms with Crippen molar-refractivity contribution in [3.05, 3.63) is 18.8 Å². The third kappa shape index (κ3) is 5.21. The molecular weight excluding hydrogens is 374 g/mol. The van der Waals surface area contributed by atoms with E-state index in [1.165, 1.54) is 51.4 Å². The first-order valence-electron chi connectivity index (χ1n) is 7.02. The van der Waals surface area contributed by atoms with Crippen molar-refractivity contribution in [2.24, 2.45) is 0 Å². The molecule has 20 heavy (non-hydrogen) atoms. The van der Waals surface area contributed by atoms with Crippen molar-refractivity contribution < 1.29 is 0 Å². The average Bonchev–Trinajstić information content (AvgIpc) is 3.10. The van der Waals surface area contributed by atoms with Gasteiger partial charge in [0.15, 0.2) is 0 Å². The minimum absolute atomic E-state index is 0.403. The van der Waals surface area contributed by atoms with E-state index in [1.807, 2.05) is 0 Å². The highest BCUT2D eigenvalue weighted by Gasteiger charge is 2.22. The van der Waals surface area contributed by atoms with Crippen molar-refractivity contribution >= 4 is 69.9 Å². The number of allylic oxidation sites excluding steroid dienone is 2. The molecular formula is C14H18Cl4S2. The van der Waals surface area contributed by atoms with Crippen LogP contribution in [0.3, 0.4) is 0 Å². The van der Waals surface area contributed by atoms with E-state index in [9.17, 15) is 0 Å². The third-order valence-corrected chi connectivity index (χ3v) is 8.30. The molecule has 2 aliphatic rings. The Morgan fingerprint density at radius 3 is 1.20 bits per heavy atom. The summed E-state index contributed by atoms with van der Waals surface area (Å²) in [7, 11) is 0. The molecule has 0 N–H and O–H groups in total. The molecule has 0 radical (unpaired) electrons. The number of rotatable bonds is 5. The highest BCUT2D eigenvalue weighted by atomic mass is 35.5. The molecule has 0 amide bonds. The first kappa shape index (κ1) is 17.7. The molecule has 2 saturated carbocycles. The topological polar surface area (TPSA) is 0 Å². The maximum Gasteiger partial charge on any atom is 0.0940 e. The highest BCUT2D eigenvalue weighted by Crippen LogP contribution is 2.44. The van der Waals surface area contributed by atoms with Gasteiger partial charge < -0.3 is 0 Å². The molecule has 0 aromatic carbocycles. The Hall–Kier alpha value is 1.34. The lowest BCUT2D eigenvalue weighted by Gasteiger charge is -2.11. The molecule has 0 nitrogen and oxygen atoms in total. The van der Waals surface area contributed by atoms with Crippen LogP contribution in [0, 0.1) is 0 Å². The molecule has 6 heteroatoms. The smallest absolute Gasteiger partial charge is 0.0940 e. The zero-order valence-electron chi connectivity index (χ0n) is 11.1. The molecule has 2 fully saturated rings. The van der Waals surface area contributed by atoms with E-state index in [4.69, 9.17) is 46.4 Å². The maximum atomic E-state index is 6.29. The van der Waals surface area contributed by atoms with Gasteiger partial charge in [0.1, 0.15) is 0 Å². The number of hydrogen-bond acceptors (Lipinski definition) is 2. The van der Waals surface area contributed by atoms with Gasteiger partial charge in [0.25, 0.3) is 0 Å². The predicted molar refractivity (Wildman–Crippen MR) is 97.2 cm³/mol. The molecule has 0 atom stereocenters. The van der Waals surface area contributed by atoms with Gasteiger partial charge in [0.05, 0.1) is 18.8 Å². The third-order valence-electron chi connectivity index (χ3n) is 3.68. The van der Waals surface area contributed by atoms with E-state index in [-0.39, 0.29) is 0 Å². The SMILES string of the molecule is Cl/C(SC1CCCC1)=C(Cl)/C(Cl)=C(/Cl)SC1CCCC1. The van der Waals surface area contributed by atoms with Crippen molar-refractivity contribution in [2.75, 3.05) is 0 Å². The van der Waals surface area contributed by atoms with E-state index >= 15 is 0 Å². The van der Waals surface area contributed by atoms with Gasteiger partial charge in [-0.25, -0.2) is 0 Å². The van der Waals surface area contributed by atoms with Gasteiger partial charge in [-0.3, -0.25) is 0 Å². The van der Waals surface area contributed by atoms with Crippen LogP contribution in [-0.2, 0) is 0 Å². The lowest BCUT2D eigenvalue weighted by Crippen LogP contribution is -1.95. The fourth-order valence-corrected chi connectivity index (χ4v) is 6.33. The van der Waals surface area contributed by atoms with Crippen molar-refractivity contribution in [1.82, 2.24) is 0 Å². The van der Waals surface area contributed by atoms with Crippen LogP contribution in [-0.4, -0.2) is 10.5 Å². The van der Waals surface area contributed by atoms with Crippen molar-refractivity contribution in [1.29, 1.82) is 0 Å². The predicted octanol–water partition coefficient (Wildman–Crippen LogP) is 7.63.